The first-order chi connectivity index (χ1) is 11.7. The molecule has 7 heteroatoms. The summed E-state index contributed by atoms with van der Waals surface area (Å²) in [7, 11) is 0. The van der Waals surface area contributed by atoms with Crippen LogP contribution in [0.15, 0.2) is 18.2 Å². The number of hydrogen-bond acceptors (Lipinski definition) is 3. The second kappa shape index (κ2) is 7.72. The van der Waals surface area contributed by atoms with Gasteiger partial charge in [0.25, 0.3) is 5.91 Å². The van der Waals surface area contributed by atoms with Crippen LogP contribution in [0.25, 0.3) is 0 Å². The van der Waals surface area contributed by atoms with E-state index in [4.69, 9.17) is 4.74 Å². The highest BCUT2D eigenvalue weighted by Gasteiger charge is 2.27. The van der Waals surface area contributed by atoms with Crippen LogP contribution < -0.4 is 10.1 Å². The van der Waals surface area contributed by atoms with Gasteiger partial charge in [-0.25, -0.2) is 9.18 Å². The predicted octanol–water partition coefficient (Wildman–Crippen LogP) is 2.49. The second-order valence-electron chi connectivity index (χ2n) is 7.04. The van der Waals surface area contributed by atoms with Crippen LogP contribution >= 0.6 is 0 Å². The van der Waals surface area contributed by atoms with E-state index in [1.807, 2.05) is 20.8 Å². The van der Waals surface area contributed by atoms with Crippen LogP contribution in [0, 0.1) is 5.82 Å². The molecule has 1 heterocycles. The predicted molar refractivity (Wildman–Crippen MR) is 93.3 cm³/mol. The monoisotopic (exact) mass is 351 g/mol. The maximum absolute atomic E-state index is 13.9. The molecule has 0 radical (unpaired) electrons. The Hall–Kier alpha value is -2.31. The van der Waals surface area contributed by atoms with Crippen molar-refractivity contribution in [3.8, 4) is 5.75 Å². The first-order valence-electron chi connectivity index (χ1n) is 8.50. The van der Waals surface area contributed by atoms with Crippen molar-refractivity contribution in [1.29, 1.82) is 0 Å². The van der Waals surface area contributed by atoms with Gasteiger partial charge in [-0.05, 0) is 45.9 Å². The van der Waals surface area contributed by atoms with Gasteiger partial charge in [0, 0.05) is 37.3 Å². The maximum atomic E-state index is 13.9. The lowest BCUT2D eigenvalue weighted by Gasteiger charge is -2.36. The number of carbonyl (C=O) groups excluding carboxylic acids is 2. The first-order valence-corrected chi connectivity index (χ1v) is 8.50. The minimum Gasteiger partial charge on any atom is -0.491 e. The third-order valence-electron chi connectivity index (χ3n) is 3.81. The Bertz CT molecular complexity index is 635. The van der Waals surface area contributed by atoms with Crippen LogP contribution in [-0.2, 0) is 0 Å². The molecule has 1 aromatic rings. The van der Waals surface area contributed by atoms with Gasteiger partial charge >= 0.3 is 6.03 Å². The molecule has 0 spiro atoms. The Labute approximate surface area is 147 Å². The van der Waals surface area contributed by atoms with E-state index in [9.17, 15) is 14.0 Å². The molecule has 3 amide bonds. The second-order valence-corrected chi connectivity index (χ2v) is 7.04. The maximum Gasteiger partial charge on any atom is 0.317 e. The summed E-state index contributed by atoms with van der Waals surface area (Å²) >= 11 is 0. The number of carbonyl (C=O) groups is 2. The third kappa shape index (κ3) is 5.08. The SMILES string of the molecule is CCOc1ccc(C(=O)N2CCN(C(=O)NC(C)(C)C)CC2)cc1F. The molecule has 25 heavy (non-hydrogen) atoms. The van der Waals surface area contributed by atoms with E-state index < -0.39 is 5.82 Å². The van der Waals surface area contributed by atoms with Gasteiger partial charge in [-0.1, -0.05) is 0 Å². The molecule has 0 aromatic heterocycles. The van der Waals surface area contributed by atoms with Crippen molar-refractivity contribution in [2.75, 3.05) is 32.8 Å². The van der Waals surface area contributed by atoms with Gasteiger partial charge in [0.1, 0.15) is 0 Å². The summed E-state index contributed by atoms with van der Waals surface area (Å²) in [5.41, 5.74) is -0.0160. The van der Waals surface area contributed by atoms with Crippen molar-refractivity contribution >= 4 is 11.9 Å². The Morgan fingerprint density at radius 2 is 1.76 bits per heavy atom. The van der Waals surface area contributed by atoms with E-state index >= 15 is 0 Å². The molecule has 0 bridgehead atoms. The average molecular weight is 351 g/mol. The van der Waals surface area contributed by atoms with Gasteiger partial charge in [-0.15, -0.1) is 0 Å². The molecule has 138 valence electrons. The Morgan fingerprint density at radius 1 is 1.16 bits per heavy atom. The fourth-order valence-corrected chi connectivity index (χ4v) is 2.60. The summed E-state index contributed by atoms with van der Waals surface area (Å²) in [5, 5.41) is 2.91. The highest BCUT2D eigenvalue weighted by Crippen LogP contribution is 2.20. The van der Waals surface area contributed by atoms with Crippen LogP contribution in [0.2, 0.25) is 0 Å². The molecule has 1 fully saturated rings. The quantitative estimate of drug-likeness (QED) is 0.910. The van der Waals surface area contributed by atoms with Gasteiger partial charge in [0.05, 0.1) is 6.61 Å². The Kier molecular flexibility index (Phi) is 5.87. The molecule has 0 saturated carbocycles. The van der Waals surface area contributed by atoms with Gasteiger partial charge in [-0.3, -0.25) is 4.79 Å². The molecule has 6 nitrogen and oxygen atoms in total. The van der Waals surface area contributed by atoms with Crippen molar-refractivity contribution in [3.63, 3.8) is 0 Å². The zero-order valence-electron chi connectivity index (χ0n) is 15.3. The van der Waals surface area contributed by atoms with E-state index in [1.165, 1.54) is 12.1 Å². The van der Waals surface area contributed by atoms with E-state index in [1.54, 1.807) is 22.8 Å². The number of rotatable bonds is 3. The van der Waals surface area contributed by atoms with Crippen molar-refractivity contribution < 1.29 is 18.7 Å². The summed E-state index contributed by atoms with van der Waals surface area (Å²) < 4.78 is 19.1. The molecule has 1 saturated heterocycles. The van der Waals surface area contributed by atoms with Crippen LogP contribution in [0.3, 0.4) is 0 Å². The van der Waals surface area contributed by atoms with Crippen LogP contribution in [-0.4, -0.2) is 60.1 Å². The lowest BCUT2D eigenvalue weighted by atomic mass is 10.1. The fraction of sp³-hybridized carbons (Fsp3) is 0.556. The summed E-state index contributed by atoms with van der Waals surface area (Å²) in [4.78, 5) is 28.0. The zero-order chi connectivity index (χ0) is 18.6. The minimum atomic E-state index is -0.545. The van der Waals surface area contributed by atoms with Gasteiger partial charge in [0.2, 0.25) is 0 Å². The smallest absolute Gasteiger partial charge is 0.317 e. The molecular formula is C18H26FN3O3. The largest absolute Gasteiger partial charge is 0.491 e. The van der Waals surface area contributed by atoms with E-state index in [0.29, 0.717) is 32.8 Å². The van der Waals surface area contributed by atoms with Crippen molar-refractivity contribution in [2.45, 2.75) is 33.2 Å². The number of amides is 3. The Morgan fingerprint density at radius 3 is 2.28 bits per heavy atom. The van der Waals surface area contributed by atoms with Crippen molar-refractivity contribution in [1.82, 2.24) is 15.1 Å². The van der Waals surface area contributed by atoms with Crippen LogP contribution in [0.4, 0.5) is 9.18 Å². The normalized spacial score (nSPS) is 15.1. The third-order valence-corrected chi connectivity index (χ3v) is 3.81. The number of benzene rings is 1. The molecule has 0 aliphatic carbocycles. The van der Waals surface area contributed by atoms with E-state index in [0.717, 1.165) is 0 Å². The molecule has 1 aromatic carbocycles. The number of ether oxygens (including phenoxy) is 1. The van der Waals surface area contributed by atoms with Crippen LogP contribution in [0.5, 0.6) is 5.75 Å². The summed E-state index contributed by atoms with van der Waals surface area (Å²) in [5.74, 6) is -0.642. The van der Waals surface area contributed by atoms with Crippen molar-refractivity contribution in [2.24, 2.45) is 0 Å². The average Bonchev–Trinajstić information content (AvgIpc) is 2.55. The molecular weight excluding hydrogens is 325 g/mol. The number of nitrogens with zero attached hydrogens (tertiary/aromatic N) is 2. The standard InChI is InChI=1S/C18H26FN3O3/c1-5-25-15-7-6-13(12-14(15)19)16(23)21-8-10-22(11-9-21)17(24)20-18(2,3)4/h6-7,12H,5,8-11H2,1-4H3,(H,20,24). The summed E-state index contributed by atoms with van der Waals surface area (Å²) in [6.45, 7) is 9.65. The molecule has 1 aliphatic rings. The fourth-order valence-electron chi connectivity index (χ4n) is 2.60. The Balaban J connectivity index is 1.95. The molecule has 0 unspecified atom stereocenters. The summed E-state index contributed by atoms with van der Waals surface area (Å²) in [6.07, 6.45) is 0. The number of hydrogen-bond donors (Lipinski definition) is 1. The molecule has 1 N–H and O–H groups in total. The lowest BCUT2D eigenvalue weighted by molar-refractivity contribution is 0.0660. The van der Waals surface area contributed by atoms with Crippen molar-refractivity contribution in [3.05, 3.63) is 29.6 Å². The number of nitrogens with one attached hydrogen (secondary N) is 1. The van der Waals surface area contributed by atoms with Gasteiger partial charge < -0.3 is 19.9 Å². The number of halogens is 1. The van der Waals surface area contributed by atoms with Gasteiger partial charge in [0.15, 0.2) is 11.6 Å². The van der Waals surface area contributed by atoms with Gasteiger partial charge in [-0.2, -0.15) is 0 Å². The van der Waals surface area contributed by atoms with E-state index in [2.05, 4.69) is 5.32 Å². The molecule has 1 aliphatic heterocycles. The molecule has 0 atom stereocenters. The van der Waals surface area contributed by atoms with E-state index in [-0.39, 0.29) is 28.8 Å². The number of piperazine rings is 1. The summed E-state index contributed by atoms with van der Waals surface area (Å²) in [6, 6.07) is 4.10. The first kappa shape index (κ1) is 19.0. The zero-order valence-corrected chi connectivity index (χ0v) is 15.3. The minimum absolute atomic E-state index is 0.133. The highest BCUT2D eigenvalue weighted by atomic mass is 19.1. The topological polar surface area (TPSA) is 61.9 Å². The lowest BCUT2D eigenvalue weighted by Crippen LogP contribution is -2.56. The van der Waals surface area contributed by atoms with Crippen LogP contribution in [0.1, 0.15) is 38.1 Å². The molecule has 2 rings (SSSR count). The highest BCUT2D eigenvalue weighted by molar-refractivity contribution is 5.94. The number of urea groups is 1.